The Kier molecular flexibility index (Phi) is 6.04. The summed E-state index contributed by atoms with van der Waals surface area (Å²) in [6.07, 6.45) is 0.165. The fraction of sp³-hybridized carbons (Fsp3) is 0.333. The summed E-state index contributed by atoms with van der Waals surface area (Å²) >= 11 is 0. The number of carbonyl (C=O) groups is 2. The monoisotopic (exact) mass is 318 g/mol. The van der Waals surface area contributed by atoms with Crippen molar-refractivity contribution in [1.82, 2.24) is 0 Å². The number of aliphatic carboxylic acids is 1. The van der Waals surface area contributed by atoms with Gasteiger partial charge in [0.15, 0.2) is 18.1 Å². The highest BCUT2D eigenvalue weighted by Gasteiger charge is 2.44. The average molecular weight is 318 g/mol. The average Bonchev–Trinajstić information content (AvgIpc) is 2.42. The standard InChI is InChI=1S/C12H16NO7P/c13-4-1-5-21(18,19)12(17)8-2-3-10(9(14)6-8)20-7-11(15)16/h2-3,6,18-19H,1,4-5,7,13H2,(H-,14,15,16)/p+1. The van der Waals surface area contributed by atoms with Gasteiger partial charge in [0.2, 0.25) is 0 Å². The van der Waals surface area contributed by atoms with E-state index in [2.05, 4.69) is 0 Å². The van der Waals surface area contributed by atoms with Gasteiger partial charge >= 0.3 is 19.2 Å². The molecule has 0 spiro atoms. The molecule has 6 N–H and O–H groups in total. The van der Waals surface area contributed by atoms with Crippen molar-refractivity contribution < 1.29 is 34.3 Å². The van der Waals surface area contributed by atoms with Crippen LogP contribution in [0.3, 0.4) is 0 Å². The molecule has 1 rings (SSSR count). The van der Waals surface area contributed by atoms with Crippen LogP contribution in [0.2, 0.25) is 0 Å². The molecule has 0 aromatic heterocycles. The van der Waals surface area contributed by atoms with Crippen LogP contribution in [0.15, 0.2) is 18.2 Å². The van der Waals surface area contributed by atoms with Crippen molar-refractivity contribution in [3.63, 3.8) is 0 Å². The Bertz CT molecular complexity index is 532. The molecule has 0 heterocycles. The third kappa shape index (κ3) is 4.95. The molecule has 0 saturated carbocycles. The highest BCUT2D eigenvalue weighted by atomic mass is 31.2. The molecule has 0 bridgehead atoms. The first-order valence-corrected chi connectivity index (χ1v) is 7.92. The van der Waals surface area contributed by atoms with E-state index in [-0.39, 0.29) is 30.4 Å². The summed E-state index contributed by atoms with van der Waals surface area (Å²) in [5.74, 6) is -1.79. The molecule has 0 aliphatic heterocycles. The van der Waals surface area contributed by atoms with Gasteiger partial charge in [0.1, 0.15) is 6.16 Å². The molecule has 0 radical (unpaired) electrons. The Balaban J connectivity index is 2.87. The van der Waals surface area contributed by atoms with Crippen molar-refractivity contribution in [2.24, 2.45) is 5.73 Å². The quantitative estimate of drug-likeness (QED) is 0.426. The van der Waals surface area contributed by atoms with Crippen LogP contribution < -0.4 is 10.5 Å². The second-order valence-electron chi connectivity index (χ2n) is 4.27. The molecule has 0 aliphatic rings. The third-order valence-corrected chi connectivity index (χ3v) is 4.40. The lowest BCUT2D eigenvalue weighted by atomic mass is 10.2. The molecule has 116 valence electrons. The summed E-state index contributed by atoms with van der Waals surface area (Å²) in [5, 5.41) is 18.1. The molecule has 1 aromatic carbocycles. The van der Waals surface area contributed by atoms with Gasteiger partial charge in [-0.3, -0.25) is 0 Å². The highest BCUT2D eigenvalue weighted by molar-refractivity contribution is 7.81. The van der Waals surface area contributed by atoms with Gasteiger partial charge in [0.25, 0.3) is 0 Å². The summed E-state index contributed by atoms with van der Waals surface area (Å²) in [7, 11) is -3.80. The number of aromatic hydroxyl groups is 1. The van der Waals surface area contributed by atoms with E-state index in [1.807, 2.05) is 0 Å². The Labute approximate surface area is 121 Å². The van der Waals surface area contributed by atoms with Gasteiger partial charge in [0.05, 0.1) is 5.56 Å². The van der Waals surface area contributed by atoms with E-state index < -0.39 is 31.6 Å². The van der Waals surface area contributed by atoms with E-state index in [1.54, 1.807) is 0 Å². The minimum atomic E-state index is -3.80. The second kappa shape index (κ2) is 7.33. The number of phenolic OH excluding ortho intramolecular Hbond substituents is 1. The number of rotatable bonds is 8. The van der Waals surface area contributed by atoms with E-state index in [9.17, 15) is 24.5 Å². The topological polar surface area (TPSA) is 150 Å². The maximum atomic E-state index is 12.0. The molecule has 9 heteroatoms. The Morgan fingerprint density at radius 2 is 1.95 bits per heavy atom. The minimum Gasteiger partial charge on any atom is -0.504 e. The molecule has 1 aromatic rings. The number of benzene rings is 1. The zero-order chi connectivity index (χ0) is 16.0. The number of carboxylic acid groups (broad SMARTS) is 1. The third-order valence-electron chi connectivity index (χ3n) is 2.56. The predicted molar refractivity (Wildman–Crippen MR) is 75.5 cm³/mol. The van der Waals surface area contributed by atoms with Crippen LogP contribution in [-0.4, -0.2) is 50.8 Å². The lowest BCUT2D eigenvalue weighted by Gasteiger charge is -2.11. The van der Waals surface area contributed by atoms with Gasteiger partial charge in [-0.15, -0.1) is 0 Å². The van der Waals surface area contributed by atoms with E-state index in [0.29, 0.717) is 0 Å². The summed E-state index contributed by atoms with van der Waals surface area (Å²) in [4.78, 5) is 41.9. The van der Waals surface area contributed by atoms with E-state index in [4.69, 9.17) is 15.6 Å². The number of hydrogen-bond donors (Lipinski definition) is 5. The van der Waals surface area contributed by atoms with Crippen LogP contribution in [0.25, 0.3) is 0 Å². The van der Waals surface area contributed by atoms with Crippen LogP contribution in [-0.2, 0) is 4.79 Å². The normalized spacial score (nSPS) is 11.2. The van der Waals surface area contributed by atoms with Crippen molar-refractivity contribution in [2.45, 2.75) is 6.42 Å². The number of phenols is 1. The molecule has 0 unspecified atom stereocenters. The zero-order valence-electron chi connectivity index (χ0n) is 11.1. The number of hydrogen-bond acceptors (Lipinski definition) is 7. The van der Waals surface area contributed by atoms with Crippen LogP contribution >= 0.6 is 7.72 Å². The van der Waals surface area contributed by atoms with Crippen molar-refractivity contribution in [3.05, 3.63) is 23.8 Å². The van der Waals surface area contributed by atoms with Gasteiger partial charge in [-0.1, -0.05) is 0 Å². The molecule has 21 heavy (non-hydrogen) atoms. The SMILES string of the molecule is NCCC[P+](O)(O)C(=O)c1ccc(OCC(=O)O)c(O)c1. The molecule has 8 nitrogen and oxygen atoms in total. The number of carbonyl (C=O) groups excluding carboxylic acids is 1. The maximum absolute atomic E-state index is 12.0. The van der Waals surface area contributed by atoms with Gasteiger partial charge < -0.3 is 20.7 Å². The van der Waals surface area contributed by atoms with Crippen LogP contribution in [0.4, 0.5) is 0 Å². The summed E-state index contributed by atoms with van der Waals surface area (Å²) in [6, 6.07) is 3.42. The van der Waals surface area contributed by atoms with Gasteiger partial charge in [0, 0.05) is 0 Å². The highest BCUT2D eigenvalue weighted by Crippen LogP contribution is 2.53. The minimum absolute atomic E-state index is 0.0921. The first-order valence-electron chi connectivity index (χ1n) is 6.04. The van der Waals surface area contributed by atoms with Gasteiger partial charge in [-0.25, -0.2) is 19.4 Å². The molecule has 0 fully saturated rings. The lowest BCUT2D eigenvalue weighted by molar-refractivity contribution is -0.139. The van der Waals surface area contributed by atoms with Crippen molar-refractivity contribution in [2.75, 3.05) is 19.3 Å². The molecule has 0 aliphatic carbocycles. The molecular weight excluding hydrogens is 301 g/mol. The summed E-state index contributed by atoms with van der Waals surface area (Å²) < 4.78 is 4.79. The predicted octanol–water partition coefficient (Wildman–Crippen LogP) is 0.177. The first kappa shape index (κ1) is 17.3. The smallest absolute Gasteiger partial charge is 0.356 e. The van der Waals surface area contributed by atoms with Crippen LogP contribution in [0, 0.1) is 0 Å². The van der Waals surface area contributed by atoms with E-state index in [0.717, 1.165) is 6.07 Å². The lowest BCUT2D eigenvalue weighted by Crippen LogP contribution is -2.13. The van der Waals surface area contributed by atoms with Crippen LogP contribution in [0.5, 0.6) is 11.5 Å². The van der Waals surface area contributed by atoms with E-state index in [1.165, 1.54) is 12.1 Å². The zero-order valence-corrected chi connectivity index (χ0v) is 12.0. The van der Waals surface area contributed by atoms with Gasteiger partial charge in [-0.2, -0.15) is 0 Å². The summed E-state index contributed by atoms with van der Waals surface area (Å²) in [6.45, 7) is -0.419. The fourth-order valence-electron chi connectivity index (χ4n) is 1.53. The van der Waals surface area contributed by atoms with Crippen molar-refractivity contribution in [1.29, 1.82) is 0 Å². The number of ether oxygens (including phenoxy) is 1. The van der Waals surface area contributed by atoms with Gasteiger partial charge in [-0.05, 0) is 31.2 Å². The number of nitrogens with two attached hydrogens (primary N) is 1. The molecular formula is C12H17NO7P+. The van der Waals surface area contributed by atoms with Crippen LogP contribution in [0.1, 0.15) is 16.8 Å². The largest absolute Gasteiger partial charge is 0.504 e. The maximum Gasteiger partial charge on any atom is 0.356 e. The molecule has 0 saturated heterocycles. The first-order chi connectivity index (χ1) is 9.77. The Hall–Kier alpha value is -1.73. The van der Waals surface area contributed by atoms with Crippen molar-refractivity contribution >= 4 is 19.2 Å². The fourth-order valence-corrected chi connectivity index (χ4v) is 2.91. The van der Waals surface area contributed by atoms with E-state index >= 15 is 0 Å². The van der Waals surface area contributed by atoms with Crippen molar-refractivity contribution in [3.8, 4) is 11.5 Å². The second-order valence-corrected chi connectivity index (χ2v) is 6.58. The number of carboxylic acids is 1. The molecule has 0 atom stereocenters. The Morgan fingerprint density at radius 1 is 1.29 bits per heavy atom. The molecule has 0 amide bonds. The summed E-state index contributed by atoms with van der Waals surface area (Å²) in [5.41, 5.74) is 4.29. The Morgan fingerprint density at radius 3 is 2.48 bits per heavy atom.